The lowest BCUT2D eigenvalue weighted by molar-refractivity contribution is -0.137. The molecule has 0 aromatic heterocycles. The van der Waals surface area contributed by atoms with Crippen LogP contribution in [-0.4, -0.2) is 38.4 Å². The zero-order chi connectivity index (χ0) is 32.5. The molecule has 250 valence electrons. The third kappa shape index (κ3) is 17.2. The zero-order valence-electron chi connectivity index (χ0n) is 27.7. The highest BCUT2D eigenvalue weighted by Crippen LogP contribution is 2.25. The van der Waals surface area contributed by atoms with Gasteiger partial charge >= 0.3 is 11.9 Å². The van der Waals surface area contributed by atoms with Crippen molar-refractivity contribution < 1.29 is 28.5 Å². The average Bonchev–Trinajstić information content (AvgIpc) is 3.03. The highest BCUT2D eigenvalue weighted by Gasteiger charge is 2.13. The van der Waals surface area contributed by atoms with Crippen molar-refractivity contribution in [3.05, 3.63) is 70.6 Å². The molecule has 1 N–H and O–H groups in total. The molecule has 0 amide bonds. The number of nitrogens with one attached hydrogen (secondary N) is 1. The van der Waals surface area contributed by atoms with Crippen LogP contribution in [0.2, 0.25) is 5.02 Å². The van der Waals surface area contributed by atoms with E-state index in [0.717, 1.165) is 12.2 Å². The lowest BCUT2D eigenvalue weighted by atomic mass is 10.0. The summed E-state index contributed by atoms with van der Waals surface area (Å²) in [6.07, 6.45) is 19.8. The average molecular weight is 644 g/mol. The fraction of sp³-hybridized carbons (Fsp3) is 0.568. The number of ether oxygens (including phenoxy) is 4. The second-order valence-corrected chi connectivity index (χ2v) is 11.5. The first-order valence-electron chi connectivity index (χ1n) is 16.9. The summed E-state index contributed by atoms with van der Waals surface area (Å²) in [4.78, 5) is 24.5. The molecule has 0 fully saturated rings. The van der Waals surface area contributed by atoms with Crippen LogP contribution < -0.4 is 10.1 Å². The topological polar surface area (TPSA) is 83.1 Å². The molecular weight excluding hydrogens is 590 g/mol. The summed E-state index contributed by atoms with van der Waals surface area (Å²) in [5, 5.41) is 3.29. The van der Waals surface area contributed by atoms with Crippen molar-refractivity contribution in [3.8, 4) is 5.75 Å². The fourth-order valence-corrected chi connectivity index (χ4v) is 5.12. The second-order valence-electron chi connectivity index (χ2n) is 11.1. The summed E-state index contributed by atoms with van der Waals surface area (Å²) in [6.45, 7) is 6.67. The Kier molecular flexibility index (Phi) is 20.3. The molecular formula is C37H54ClNO6. The van der Waals surface area contributed by atoms with Gasteiger partial charge < -0.3 is 24.3 Å². The number of carbonyl (C=O) groups is 2. The summed E-state index contributed by atoms with van der Waals surface area (Å²) < 4.78 is 21.7. The van der Waals surface area contributed by atoms with Gasteiger partial charge in [-0.2, -0.15) is 0 Å². The Bertz CT molecular complexity index is 1150. The van der Waals surface area contributed by atoms with Crippen LogP contribution in [-0.2, 0) is 25.4 Å². The zero-order valence-corrected chi connectivity index (χ0v) is 28.4. The normalized spacial score (nSPS) is 11.2. The largest absolute Gasteiger partial charge is 0.490 e. The minimum Gasteiger partial charge on any atom is -0.490 e. The molecule has 2 rings (SSSR count). The van der Waals surface area contributed by atoms with E-state index < -0.39 is 11.9 Å². The maximum atomic E-state index is 12.7. The third-order valence-electron chi connectivity index (χ3n) is 7.35. The van der Waals surface area contributed by atoms with Gasteiger partial charge in [0.25, 0.3) is 0 Å². The number of carbonyl (C=O) groups excluding carboxylic acids is 2. The lowest BCUT2D eigenvalue weighted by Crippen LogP contribution is -2.13. The number of benzene rings is 2. The van der Waals surface area contributed by atoms with Crippen molar-refractivity contribution in [2.75, 3.05) is 31.7 Å². The highest BCUT2D eigenvalue weighted by atomic mass is 35.5. The molecule has 45 heavy (non-hydrogen) atoms. The highest BCUT2D eigenvalue weighted by molar-refractivity contribution is 6.33. The standard InChI is InChI=1S/C37H54ClNO6/c1-4-7-8-9-10-11-12-13-14-15-16-17-18-20-30-21-19-22-32(27-30)44-25-26-45-37(41)31-23-24-33(38)34(28-31)39-35(42-5-2)29-36(40)43-6-3/h19,21-24,27-29,39H,4-18,20,25-26H2,1-3H3/b35-29-. The Morgan fingerprint density at radius 3 is 2.02 bits per heavy atom. The number of unbranched alkanes of at least 4 members (excludes halogenated alkanes) is 12. The quantitative estimate of drug-likeness (QED) is 0.0499. The van der Waals surface area contributed by atoms with Crippen LogP contribution in [0.15, 0.2) is 54.4 Å². The SMILES string of the molecule is CCCCCCCCCCCCCCCc1cccc(OCCOC(=O)c2ccc(Cl)c(N/C(=C/C(=O)OCC)OCC)c2)c1. The number of halogens is 1. The summed E-state index contributed by atoms with van der Waals surface area (Å²) in [5.41, 5.74) is 1.96. The Morgan fingerprint density at radius 1 is 0.733 bits per heavy atom. The Labute approximate surface area is 276 Å². The third-order valence-corrected chi connectivity index (χ3v) is 7.68. The van der Waals surface area contributed by atoms with Crippen LogP contribution in [0.5, 0.6) is 5.75 Å². The molecule has 0 bridgehead atoms. The monoisotopic (exact) mass is 643 g/mol. The molecule has 8 heteroatoms. The van der Waals surface area contributed by atoms with E-state index in [1.165, 1.54) is 95.1 Å². The summed E-state index contributed by atoms with van der Waals surface area (Å²) >= 11 is 6.31. The maximum Gasteiger partial charge on any atom is 0.338 e. The predicted octanol–water partition coefficient (Wildman–Crippen LogP) is 10.1. The smallest absolute Gasteiger partial charge is 0.338 e. The van der Waals surface area contributed by atoms with Crippen molar-refractivity contribution in [2.45, 2.75) is 111 Å². The molecule has 0 aliphatic heterocycles. The lowest BCUT2D eigenvalue weighted by Gasteiger charge is -2.14. The van der Waals surface area contributed by atoms with Gasteiger partial charge in [-0.3, -0.25) is 0 Å². The van der Waals surface area contributed by atoms with E-state index in [1.807, 2.05) is 12.1 Å². The minimum atomic E-state index is -0.551. The molecule has 2 aromatic rings. The van der Waals surface area contributed by atoms with E-state index >= 15 is 0 Å². The number of hydrogen-bond donors (Lipinski definition) is 1. The van der Waals surface area contributed by atoms with Gasteiger partial charge in [0, 0.05) is 0 Å². The molecule has 2 aromatic carbocycles. The Hall–Kier alpha value is -3.19. The minimum absolute atomic E-state index is 0.0975. The van der Waals surface area contributed by atoms with E-state index in [1.54, 1.807) is 32.0 Å². The first-order valence-corrected chi connectivity index (χ1v) is 17.3. The summed E-state index contributed by atoms with van der Waals surface area (Å²) in [6, 6.07) is 12.8. The Balaban J connectivity index is 1.67. The maximum absolute atomic E-state index is 12.7. The van der Waals surface area contributed by atoms with Crippen LogP contribution in [0.1, 0.15) is 120 Å². The van der Waals surface area contributed by atoms with E-state index in [2.05, 4.69) is 24.4 Å². The van der Waals surface area contributed by atoms with Crippen LogP contribution >= 0.6 is 11.6 Å². The summed E-state index contributed by atoms with van der Waals surface area (Å²) in [5.74, 6) is -0.131. The van der Waals surface area contributed by atoms with Crippen LogP contribution in [0.3, 0.4) is 0 Å². The summed E-state index contributed by atoms with van der Waals surface area (Å²) in [7, 11) is 0. The van der Waals surface area contributed by atoms with E-state index in [9.17, 15) is 9.59 Å². The molecule has 0 saturated carbocycles. The van der Waals surface area contributed by atoms with Crippen molar-refractivity contribution in [1.29, 1.82) is 0 Å². The van der Waals surface area contributed by atoms with Crippen molar-refractivity contribution in [3.63, 3.8) is 0 Å². The van der Waals surface area contributed by atoms with Gasteiger partial charge in [-0.25, -0.2) is 9.59 Å². The van der Waals surface area contributed by atoms with Crippen molar-refractivity contribution >= 4 is 29.2 Å². The van der Waals surface area contributed by atoms with E-state index in [0.29, 0.717) is 22.9 Å². The van der Waals surface area contributed by atoms with Gasteiger partial charge in [-0.15, -0.1) is 0 Å². The number of anilines is 1. The molecule has 0 aliphatic rings. The van der Waals surface area contributed by atoms with Crippen molar-refractivity contribution in [1.82, 2.24) is 0 Å². The molecule has 0 aliphatic carbocycles. The van der Waals surface area contributed by atoms with Gasteiger partial charge in [-0.05, 0) is 62.6 Å². The predicted molar refractivity (Wildman–Crippen MR) is 183 cm³/mol. The van der Waals surface area contributed by atoms with E-state index in [-0.39, 0.29) is 25.7 Å². The van der Waals surface area contributed by atoms with Gasteiger partial charge in [0.15, 0.2) is 5.88 Å². The molecule has 0 atom stereocenters. The van der Waals surface area contributed by atoms with Gasteiger partial charge in [0.2, 0.25) is 0 Å². The first-order chi connectivity index (χ1) is 22.0. The number of hydrogen-bond acceptors (Lipinski definition) is 7. The van der Waals surface area contributed by atoms with Crippen LogP contribution in [0.4, 0.5) is 5.69 Å². The first kappa shape index (κ1) is 38.0. The van der Waals surface area contributed by atoms with Gasteiger partial charge in [0.1, 0.15) is 19.0 Å². The van der Waals surface area contributed by atoms with E-state index in [4.69, 9.17) is 30.5 Å². The van der Waals surface area contributed by atoms with Crippen molar-refractivity contribution in [2.24, 2.45) is 0 Å². The van der Waals surface area contributed by atoms with Gasteiger partial charge in [-0.1, -0.05) is 108 Å². The van der Waals surface area contributed by atoms with Crippen LogP contribution in [0, 0.1) is 0 Å². The molecule has 0 radical (unpaired) electrons. The van der Waals surface area contributed by atoms with Crippen LogP contribution in [0.25, 0.3) is 0 Å². The van der Waals surface area contributed by atoms with Gasteiger partial charge in [0.05, 0.1) is 35.6 Å². The molecule has 0 saturated heterocycles. The second kappa shape index (κ2) is 24.1. The number of rotatable bonds is 25. The Morgan fingerprint density at radius 2 is 1.38 bits per heavy atom. The number of esters is 2. The molecule has 7 nitrogen and oxygen atoms in total. The molecule has 0 heterocycles. The fourth-order valence-electron chi connectivity index (χ4n) is 4.96. The molecule has 0 unspecified atom stereocenters. The molecule has 0 spiro atoms. The number of aryl methyl sites for hydroxylation is 1.